The Morgan fingerprint density at radius 3 is 2.32 bits per heavy atom. The van der Waals surface area contributed by atoms with Gasteiger partial charge in [0.15, 0.2) is 0 Å². The van der Waals surface area contributed by atoms with E-state index in [-0.39, 0.29) is 24.8 Å². The number of hydrogen-bond acceptors (Lipinski definition) is 3. The molecule has 3 rings (SSSR count). The SMILES string of the molecule is COCc1ccc(CNC(=O)CNC(=O)Cc2cccc3ccccc23)cc1. The number of ether oxygens (including phenoxy) is 1. The Kier molecular flexibility index (Phi) is 6.76. The van der Waals surface area contributed by atoms with Crippen molar-refractivity contribution in [3.63, 3.8) is 0 Å². The topological polar surface area (TPSA) is 67.4 Å². The Balaban J connectivity index is 1.45. The van der Waals surface area contributed by atoms with Crippen molar-refractivity contribution in [2.24, 2.45) is 0 Å². The average molecular weight is 376 g/mol. The molecule has 0 heterocycles. The maximum absolute atomic E-state index is 12.2. The highest BCUT2D eigenvalue weighted by Crippen LogP contribution is 2.18. The predicted molar refractivity (Wildman–Crippen MR) is 110 cm³/mol. The molecule has 3 aromatic carbocycles. The largest absolute Gasteiger partial charge is 0.380 e. The van der Waals surface area contributed by atoms with Crippen molar-refractivity contribution in [2.45, 2.75) is 19.6 Å². The molecule has 144 valence electrons. The van der Waals surface area contributed by atoms with Gasteiger partial charge in [0.25, 0.3) is 0 Å². The minimum atomic E-state index is -0.216. The molecule has 0 aliphatic carbocycles. The summed E-state index contributed by atoms with van der Waals surface area (Å²) in [5, 5.41) is 7.66. The molecular formula is C23H24N2O3. The molecule has 5 nitrogen and oxygen atoms in total. The highest BCUT2D eigenvalue weighted by atomic mass is 16.5. The first-order valence-corrected chi connectivity index (χ1v) is 9.22. The molecule has 0 unspecified atom stereocenters. The van der Waals surface area contributed by atoms with Crippen molar-refractivity contribution >= 4 is 22.6 Å². The molecule has 28 heavy (non-hydrogen) atoms. The first-order chi connectivity index (χ1) is 13.7. The van der Waals surface area contributed by atoms with E-state index < -0.39 is 0 Å². The van der Waals surface area contributed by atoms with Gasteiger partial charge in [-0.25, -0.2) is 0 Å². The first kappa shape index (κ1) is 19.6. The van der Waals surface area contributed by atoms with E-state index >= 15 is 0 Å². The third-order valence-corrected chi connectivity index (χ3v) is 4.50. The summed E-state index contributed by atoms with van der Waals surface area (Å²) in [6, 6.07) is 21.7. The minimum Gasteiger partial charge on any atom is -0.380 e. The van der Waals surface area contributed by atoms with Crippen LogP contribution in [0.4, 0.5) is 0 Å². The third kappa shape index (κ3) is 5.41. The maximum atomic E-state index is 12.2. The number of methoxy groups -OCH3 is 1. The number of benzene rings is 3. The second kappa shape index (κ2) is 9.67. The van der Waals surface area contributed by atoms with Gasteiger partial charge in [-0.1, -0.05) is 66.7 Å². The molecule has 0 aliphatic heterocycles. The second-order valence-electron chi connectivity index (χ2n) is 6.62. The van der Waals surface area contributed by atoms with Crippen LogP contribution < -0.4 is 10.6 Å². The van der Waals surface area contributed by atoms with E-state index in [0.717, 1.165) is 27.5 Å². The van der Waals surface area contributed by atoms with Crippen molar-refractivity contribution in [1.29, 1.82) is 0 Å². The summed E-state index contributed by atoms with van der Waals surface area (Å²) >= 11 is 0. The van der Waals surface area contributed by atoms with Crippen LogP contribution in [0.25, 0.3) is 10.8 Å². The summed E-state index contributed by atoms with van der Waals surface area (Å²) in [6.45, 7) is 0.950. The number of rotatable bonds is 8. The van der Waals surface area contributed by atoms with Crippen LogP contribution in [0.15, 0.2) is 66.7 Å². The molecule has 2 amide bonds. The van der Waals surface area contributed by atoms with Crippen LogP contribution in [0.2, 0.25) is 0 Å². The van der Waals surface area contributed by atoms with Crippen LogP contribution in [0.5, 0.6) is 0 Å². The lowest BCUT2D eigenvalue weighted by Gasteiger charge is -2.09. The Bertz CT molecular complexity index is 946. The van der Waals surface area contributed by atoms with Crippen LogP contribution in [0, 0.1) is 0 Å². The maximum Gasteiger partial charge on any atom is 0.239 e. The van der Waals surface area contributed by atoms with Crippen LogP contribution in [-0.2, 0) is 33.9 Å². The van der Waals surface area contributed by atoms with Crippen molar-refractivity contribution in [1.82, 2.24) is 10.6 Å². The zero-order valence-electron chi connectivity index (χ0n) is 15.9. The molecule has 0 spiro atoms. The van der Waals surface area contributed by atoms with E-state index in [1.165, 1.54) is 0 Å². The molecule has 0 radical (unpaired) electrons. The van der Waals surface area contributed by atoms with Gasteiger partial charge in [-0.2, -0.15) is 0 Å². The Morgan fingerprint density at radius 2 is 1.54 bits per heavy atom. The molecular weight excluding hydrogens is 352 g/mol. The molecule has 0 bridgehead atoms. The van der Waals surface area contributed by atoms with Crippen molar-refractivity contribution in [2.75, 3.05) is 13.7 Å². The molecule has 2 N–H and O–H groups in total. The Labute approximate surface area is 164 Å². The number of carbonyl (C=O) groups excluding carboxylic acids is 2. The molecule has 0 atom stereocenters. The second-order valence-corrected chi connectivity index (χ2v) is 6.62. The molecule has 0 saturated heterocycles. The standard InChI is InChI=1S/C23H24N2O3/c1-28-16-18-11-9-17(10-12-18)14-24-23(27)15-25-22(26)13-20-7-4-6-19-5-2-3-8-21(19)20/h2-12H,13-16H2,1H3,(H,24,27)(H,25,26). The fourth-order valence-corrected chi connectivity index (χ4v) is 3.04. The van der Waals surface area contributed by atoms with Crippen molar-refractivity contribution in [3.05, 3.63) is 83.4 Å². The monoisotopic (exact) mass is 376 g/mol. The lowest BCUT2D eigenvalue weighted by atomic mass is 10.0. The average Bonchev–Trinajstić information content (AvgIpc) is 2.72. The third-order valence-electron chi connectivity index (χ3n) is 4.50. The summed E-state index contributed by atoms with van der Waals surface area (Å²) in [6.07, 6.45) is 0.246. The number of nitrogens with one attached hydrogen (secondary N) is 2. The molecule has 0 aliphatic rings. The smallest absolute Gasteiger partial charge is 0.239 e. The normalized spacial score (nSPS) is 10.6. The predicted octanol–water partition coefficient (Wildman–Crippen LogP) is 2.96. The highest BCUT2D eigenvalue weighted by molar-refractivity contribution is 5.91. The number of amides is 2. The van der Waals surface area contributed by atoms with Gasteiger partial charge in [-0.3, -0.25) is 9.59 Å². The summed E-state index contributed by atoms with van der Waals surface area (Å²) in [7, 11) is 1.66. The number of fused-ring (bicyclic) bond motifs is 1. The fourth-order valence-electron chi connectivity index (χ4n) is 3.04. The summed E-state index contributed by atoms with van der Waals surface area (Å²) in [5.74, 6) is -0.386. The molecule has 3 aromatic rings. The molecule has 0 saturated carbocycles. The highest BCUT2D eigenvalue weighted by Gasteiger charge is 2.09. The zero-order valence-corrected chi connectivity index (χ0v) is 15.9. The Morgan fingerprint density at radius 1 is 0.821 bits per heavy atom. The Hall–Kier alpha value is -3.18. The quantitative estimate of drug-likeness (QED) is 0.635. The first-order valence-electron chi connectivity index (χ1n) is 9.22. The van der Waals surface area contributed by atoms with Crippen molar-refractivity contribution in [3.8, 4) is 0 Å². The van der Waals surface area contributed by atoms with Gasteiger partial charge in [0, 0.05) is 13.7 Å². The van der Waals surface area contributed by atoms with E-state index in [1.807, 2.05) is 66.7 Å². The lowest BCUT2D eigenvalue weighted by molar-refractivity contribution is -0.125. The van der Waals surface area contributed by atoms with Gasteiger partial charge in [0.05, 0.1) is 19.6 Å². The number of carbonyl (C=O) groups is 2. The van der Waals surface area contributed by atoms with E-state index in [1.54, 1.807) is 7.11 Å². The number of hydrogen-bond donors (Lipinski definition) is 2. The molecule has 5 heteroatoms. The van der Waals surface area contributed by atoms with E-state index in [9.17, 15) is 9.59 Å². The molecule has 0 fully saturated rings. The summed E-state index contributed by atoms with van der Waals surface area (Å²) in [4.78, 5) is 24.2. The van der Waals surface area contributed by atoms with Gasteiger partial charge < -0.3 is 15.4 Å². The van der Waals surface area contributed by atoms with Gasteiger partial charge in [-0.05, 0) is 27.5 Å². The van der Waals surface area contributed by atoms with Crippen LogP contribution in [0.1, 0.15) is 16.7 Å². The van der Waals surface area contributed by atoms with Gasteiger partial charge in [-0.15, -0.1) is 0 Å². The van der Waals surface area contributed by atoms with Gasteiger partial charge >= 0.3 is 0 Å². The van der Waals surface area contributed by atoms with E-state index in [2.05, 4.69) is 10.6 Å². The van der Waals surface area contributed by atoms with Gasteiger partial charge in [0.2, 0.25) is 11.8 Å². The molecule has 0 aromatic heterocycles. The fraction of sp³-hybridized carbons (Fsp3) is 0.217. The van der Waals surface area contributed by atoms with E-state index in [4.69, 9.17) is 4.74 Å². The van der Waals surface area contributed by atoms with Crippen LogP contribution in [-0.4, -0.2) is 25.5 Å². The summed E-state index contributed by atoms with van der Waals surface area (Å²) < 4.78 is 5.08. The minimum absolute atomic E-state index is 0.0364. The van der Waals surface area contributed by atoms with Crippen LogP contribution >= 0.6 is 0 Å². The lowest BCUT2D eigenvalue weighted by Crippen LogP contribution is -2.37. The van der Waals surface area contributed by atoms with E-state index in [0.29, 0.717) is 13.2 Å². The van der Waals surface area contributed by atoms with Crippen LogP contribution in [0.3, 0.4) is 0 Å². The zero-order chi connectivity index (χ0) is 19.8. The van der Waals surface area contributed by atoms with Crippen molar-refractivity contribution < 1.29 is 14.3 Å². The summed E-state index contributed by atoms with van der Waals surface area (Å²) in [5.41, 5.74) is 3.03. The van der Waals surface area contributed by atoms with Gasteiger partial charge in [0.1, 0.15) is 0 Å².